The number of esters is 1. The third-order valence-corrected chi connectivity index (χ3v) is 2.11. The van der Waals surface area contributed by atoms with E-state index in [-0.39, 0.29) is 0 Å². The first kappa shape index (κ1) is 13.0. The van der Waals surface area contributed by atoms with Crippen molar-refractivity contribution < 1.29 is 14.3 Å². The molecule has 4 heteroatoms. The third-order valence-electron chi connectivity index (χ3n) is 2.11. The molecule has 0 aliphatic heterocycles. The molecule has 0 fully saturated rings. The Labute approximate surface area is 101 Å². The van der Waals surface area contributed by atoms with Crippen molar-refractivity contribution >= 4 is 11.7 Å². The Morgan fingerprint density at radius 2 is 1.94 bits per heavy atom. The van der Waals surface area contributed by atoms with Gasteiger partial charge in [-0.3, -0.25) is 0 Å². The van der Waals surface area contributed by atoms with E-state index in [1.807, 2.05) is 0 Å². The molecule has 17 heavy (non-hydrogen) atoms. The number of hydrogen-bond donors (Lipinski definition) is 0. The average Bonchev–Trinajstić information content (AvgIpc) is 2.30. The molecule has 1 rings (SSSR count). The zero-order valence-electron chi connectivity index (χ0n) is 10.2. The minimum atomic E-state index is -1.03. The molecule has 0 saturated carbocycles. The summed E-state index contributed by atoms with van der Waals surface area (Å²) in [6, 6.07) is 6.61. The first-order chi connectivity index (χ1) is 7.99. The highest BCUT2D eigenvalue weighted by atomic mass is 16.6. The van der Waals surface area contributed by atoms with Crippen molar-refractivity contribution in [1.29, 1.82) is 0 Å². The van der Waals surface area contributed by atoms with E-state index in [1.165, 1.54) is 0 Å². The minimum absolute atomic E-state index is 0.322. The first-order valence-electron chi connectivity index (χ1n) is 5.33. The molecular weight excluding hydrogens is 218 g/mol. The highest BCUT2D eigenvalue weighted by molar-refractivity contribution is 5.79. The van der Waals surface area contributed by atoms with E-state index in [2.05, 4.69) is 4.85 Å². The van der Waals surface area contributed by atoms with Crippen LogP contribution < -0.4 is 4.74 Å². The second-order valence-electron chi connectivity index (χ2n) is 3.94. The fraction of sp³-hybridized carbons (Fsp3) is 0.385. The molecule has 1 aromatic rings. The fourth-order valence-electron chi connectivity index (χ4n) is 1.23. The highest BCUT2D eigenvalue weighted by Crippen LogP contribution is 2.22. The molecule has 0 saturated heterocycles. The van der Waals surface area contributed by atoms with Gasteiger partial charge in [-0.1, -0.05) is 12.1 Å². The second-order valence-corrected chi connectivity index (χ2v) is 3.94. The summed E-state index contributed by atoms with van der Waals surface area (Å²) in [7, 11) is 0. The largest absolute Gasteiger partial charge is 0.476 e. The molecular formula is C13H15NO3. The van der Waals surface area contributed by atoms with Gasteiger partial charge in [0, 0.05) is 0 Å². The van der Waals surface area contributed by atoms with Crippen molar-refractivity contribution in [2.45, 2.75) is 26.4 Å². The van der Waals surface area contributed by atoms with Crippen molar-refractivity contribution in [3.05, 3.63) is 35.7 Å². The van der Waals surface area contributed by atoms with Crippen molar-refractivity contribution in [3.63, 3.8) is 0 Å². The molecule has 0 aliphatic carbocycles. The van der Waals surface area contributed by atoms with Gasteiger partial charge in [-0.2, -0.15) is 0 Å². The zero-order valence-corrected chi connectivity index (χ0v) is 10.2. The summed E-state index contributed by atoms with van der Waals surface area (Å²) in [6.45, 7) is 12.2. The molecule has 0 bridgehead atoms. The summed E-state index contributed by atoms with van der Waals surface area (Å²) in [5.41, 5.74) is -0.499. The number of benzene rings is 1. The third kappa shape index (κ3) is 3.49. The lowest BCUT2D eigenvalue weighted by molar-refractivity contribution is -0.158. The summed E-state index contributed by atoms with van der Waals surface area (Å²) < 4.78 is 10.4. The van der Waals surface area contributed by atoms with Crippen LogP contribution in [0.4, 0.5) is 5.69 Å². The summed E-state index contributed by atoms with van der Waals surface area (Å²) in [5.74, 6) is 0.129. The van der Waals surface area contributed by atoms with Crippen LogP contribution in [0.3, 0.4) is 0 Å². The SMILES string of the molecule is [C-]#[N+]c1ccc(OC(C)(C)C(=O)OCC)cc1. The molecule has 0 aromatic heterocycles. The summed E-state index contributed by atoms with van der Waals surface area (Å²) in [6.07, 6.45) is 0. The van der Waals surface area contributed by atoms with E-state index in [0.29, 0.717) is 18.0 Å². The fourth-order valence-corrected chi connectivity index (χ4v) is 1.23. The molecule has 90 valence electrons. The summed E-state index contributed by atoms with van der Waals surface area (Å²) in [4.78, 5) is 14.9. The standard InChI is InChI=1S/C13H15NO3/c1-5-16-12(15)13(2,3)17-11-8-6-10(14-4)7-9-11/h6-9H,5H2,1-3H3. The maximum atomic E-state index is 11.6. The van der Waals surface area contributed by atoms with Gasteiger partial charge < -0.3 is 9.47 Å². The minimum Gasteiger partial charge on any atom is -0.476 e. The lowest BCUT2D eigenvalue weighted by Gasteiger charge is -2.24. The van der Waals surface area contributed by atoms with E-state index < -0.39 is 11.6 Å². The molecule has 0 radical (unpaired) electrons. The van der Waals surface area contributed by atoms with Crippen LogP contribution in [0.15, 0.2) is 24.3 Å². The van der Waals surface area contributed by atoms with E-state index in [9.17, 15) is 4.79 Å². The van der Waals surface area contributed by atoms with Crippen LogP contribution in [-0.2, 0) is 9.53 Å². The normalized spacial score (nSPS) is 10.5. The number of rotatable bonds is 4. The van der Waals surface area contributed by atoms with Crippen LogP contribution in [-0.4, -0.2) is 18.2 Å². The van der Waals surface area contributed by atoms with Crippen molar-refractivity contribution in [1.82, 2.24) is 0 Å². The van der Waals surface area contributed by atoms with E-state index in [4.69, 9.17) is 16.0 Å². The van der Waals surface area contributed by atoms with Gasteiger partial charge in [-0.25, -0.2) is 9.64 Å². The lowest BCUT2D eigenvalue weighted by Crippen LogP contribution is -2.39. The topological polar surface area (TPSA) is 39.9 Å². The molecule has 0 unspecified atom stereocenters. The molecule has 4 nitrogen and oxygen atoms in total. The first-order valence-corrected chi connectivity index (χ1v) is 5.33. The predicted molar refractivity (Wildman–Crippen MR) is 64.0 cm³/mol. The van der Waals surface area contributed by atoms with Crippen LogP contribution in [0.2, 0.25) is 0 Å². The quantitative estimate of drug-likeness (QED) is 0.593. The number of nitrogens with zero attached hydrogens (tertiary/aromatic N) is 1. The maximum Gasteiger partial charge on any atom is 0.349 e. The smallest absolute Gasteiger partial charge is 0.349 e. The monoisotopic (exact) mass is 233 g/mol. The lowest BCUT2D eigenvalue weighted by atomic mass is 10.1. The highest BCUT2D eigenvalue weighted by Gasteiger charge is 2.31. The van der Waals surface area contributed by atoms with Gasteiger partial charge in [0.1, 0.15) is 5.75 Å². The molecule has 1 aromatic carbocycles. The zero-order chi connectivity index (χ0) is 12.9. The predicted octanol–water partition coefficient (Wildman–Crippen LogP) is 2.96. The maximum absolute atomic E-state index is 11.6. The molecule has 0 spiro atoms. The van der Waals surface area contributed by atoms with Crippen molar-refractivity contribution in [3.8, 4) is 5.75 Å². The summed E-state index contributed by atoms with van der Waals surface area (Å²) >= 11 is 0. The van der Waals surface area contributed by atoms with E-state index in [1.54, 1.807) is 45.0 Å². The van der Waals surface area contributed by atoms with Crippen LogP contribution >= 0.6 is 0 Å². The van der Waals surface area contributed by atoms with Gasteiger partial charge in [0.15, 0.2) is 11.3 Å². The van der Waals surface area contributed by atoms with Crippen LogP contribution in [0, 0.1) is 6.57 Å². The Kier molecular flexibility index (Phi) is 4.11. The molecule has 0 atom stereocenters. The van der Waals surface area contributed by atoms with Gasteiger partial charge in [-0.05, 0) is 32.9 Å². The molecule has 0 heterocycles. The Bertz CT molecular complexity index is 429. The van der Waals surface area contributed by atoms with Crippen molar-refractivity contribution in [2.75, 3.05) is 6.61 Å². The van der Waals surface area contributed by atoms with Crippen LogP contribution in [0.1, 0.15) is 20.8 Å². The number of carbonyl (C=O) groups excluding carboxylic acids is 1. The molecule has 0 aliphatic rings. The molecule has 0 amide bonds. The second kappa shape index (κ2) is 5.35. The number of carbonyl (C=O) groups is 1. The van der Waals surface area contributed by atoms with Gasteiger partial charge in [0.05, 0.1) is 13.2 Å². The van der Waals surface area contributed by atoms with E-state index >= 15 is 0 Å². The van der Waals surface area contributed by atoms with Crippen molar-refractivity contribution in [2.24, 2.45) is 0 Å². The summed E-state index contributed by atoms with van der Waals surface area (Å²) in [5, 5.41) is 0. The average molecular weight is 233 g/mol. The van der Waals surface area contributed by atoms with Gasteiger partial charge >= 0.3 is 5.97 Å². The number of hydrogen-bond acceptors (Lipinski definition) is 3. The molecule has 0 N–H and O–H groups in total. The number of ether oxygens (including phenoxy) is 2. The van der Waals surface area contributed by atoms with Gasteiger partial charge in [-0.15, -0.1) is 0 Å². The Morgan fingerprint density at radius 3 is 2.41 bits per heavy atom. The van der Waals surface area contributed by atoms with Gasteiger partial charge in [0.25, 0.3) is 0 Å². The van der Waals surface area contributed by atoms with Crippen LogP contribution in [0.5, 0.6) is 5.75 Å². The van der Waals surface area contributed by atoms with E-state index in [0.717, 1.165) is 0 Å². The van der Waals surface area contributed by atoms with Gasteiger partial charge in [0.2, 0.25) is 0 Å². The Hall–Kier alpha value is -2.02. The van der Waals surface area contributed by atoms with Crippen LogP contribution in [0.25, 0.3) is 4.85 Å². The Balaban J connectivity index is 2.76. The Morgan fingerprint density at radius 1 is 1.35 bits per heavy atom.